The first-order valence-electron chi connectivity index (χ1n) is 6.31. The molecule has 0 aliphatic rings. The van der Waals surface area contributed by atoms with E-state index in [4.69, 9.17) is 21.1 Å². The lowest BCUT2D eigenvalue weighted by atomic mass is 10.2. The summed E-state index contributed by atoms with van der Waals surface area (Å²) < 4.78 is 12.6. The number of imidazole rings is 1. The van der Waals surface area contributed by atoms with Gasteiger partial charge in [0, 0.05) is 25.8 Å². The molecule has 0 aliphatic heterocycles. The van der Waals surface area contributed by atoms with Gasteiger partial charge in [-0.15, -0.1) is 11.6 Å². The zero-order chi connectivity index (χ0) is 13.8. The number of hydrogen-bond donors (Lipinski definition) is 0. The van der Waals surface area contributed by atoms with Crippen LogP contribution in [0.2, 0.25) is 0 Å². The Morgan fingerprint density at radius 3 is 2.79 bits per heavy atom. The summed E-state index contributed by atoms with van der Waals surface area (Å²) >= 11 is 6.01. The molecule has 0 saturated carbocycles. The summed E-state index contributed by atoms with van der Waals surface area (Å²) in [6, 6.07) is 6.16. The highest BCUT2D eigenvalue weighted by Crippen LogP contribution is 2.27. The van der Waals surface area contributed by atoms with E-state index in [0.717, 1.165) is 29.0 Å². The molecular weight excluding hydrogens is 264 g/mol. The lowest BCUT2D eigenvalue weighted by molar-refractivity contribution is 0.181. The summed E-state index contributed by atoms with van der Waals surface area (Å²) in [5, 5.41) is 0. The summed E-state index contributed by atoms with van der Waals surface area (Å²) in [4.78, 5) is 4.57. The fourth-order valence-corrected chi connectivity index (χ4v) is 2.44. The van der Waals surface area contributed by atoms with E-state index in [-0.39, 0.29) is 6.04 Å². The van der Waals surface area contributed by atoms with Crippen LogP contribution in [0.1, 0.15) is 25.2 Å². The van der Waals surface area contributed by atoms with Gasteiger partial charge in [-0.3, -0.25) is 0 Å². The normalized spacial score (nSPS) is 12.8. The number of nitrogens with zero attached hydrogens (tertiary/aromatic N) is 2. The van der Waals surface area contributed by atoms with E-state index in [9.17, 15) is 0 Å². The van der Waals surface area contributed by atoms with Gasteiger partial charge in [0.25, 0.3) is 0 Å². The zero-order valence-corrected chi connectivity index (χ0v) is 12.3. The molecule has 0 fully saturated rings. The molecule has 0 aliphatic carbocycles. The number of benzene rings is 1. The fourth-order valence-electron chi connectivity index (χ4n) is 2.25. The van der Waals surface area contributed by atoms with Crippen molar-refractivity contribution < 1.29 is 9.47 Å². The van der Waals surface area contributed by atoms with Crippen molar-refractivity contribution in [1.29, 1.82) is 0 Å². The van der Waals surface area contributed by atoms with Gasteiger partial charge in [-0.25, -0.2) is 4.98 Å². The van der Waals surface area contributed by atoms with Crippen molar-refractivity contribution in [3.8, 4) is 5.75 Å². The van der Waals surface area contributed by atoms with Crippen molar-refractivity contribution in [2.45, 2.75) is 25.3 Å². The Bertz CT molecular complexity index is 554. The van der Waals surface area contributed by atoms with Crippen LogP contribution < -0.4 is 4.74 Å². The summed E-state index contributed by atoms with van der Waals surface area (Å²) in [5.41, 5.74) is 2.00. The minimum Gasteiger partial charge on any atom is -0.497 e. The maximum Gasteiger partial charge on any atom is 0.125 e. The Hall–Kier alpha value is -1.26. The molecule has 2 aromatic rings. The van der Waals surface area contributed by atoms with Gasteiger partial charge in [-0.05, 0) is 25.5 Å². The molecule has 19 heavy (non-hydrogen) atoms. The Balaban J connectivity index is 2.48. The van der Waals surface area contributed by atoms with E-state index >= 15 is 0 Å². The lowest BCUT2D eigenvalue weighted by Crippen LogP contribution is -2.10. The quantitative estimate of drug-likeness (QED) is 0.762. The minimum absolute atomic E-state index is 0.283. The van der Waals surface area contributed by atoms with E-state index in [1.807, 2.05) is 18.2 Å². The molecule has 1 unspecified atom stereocenters. The van der Waals surface area contributed by atoms with Gasteiger partial charge < -0.3 is 14.0 Å². The number of ether oxygens (including phenoxy) is 2. The van der Waals surface area contributed by atoms with E-state index in [0.29, 0.717) is 12.5 Å². The Morgan fingerprint density at radius 2 is 2.16 bits per heavy atom. The Morgan fingerprint density at radius 1 is 1.37 bits per heavy atom. The number of rotatable bonds is 6. The van der Waals surface area contributed by atoms with Gasteiger partial charge in [-0.2, -0.15) is 0 Å². The average Bonchev–Trinajstić information content (AvgIpc) is 2.82. The molecule has 1 aromatic carbocycles. The van der Waals surface area contributed by atoms with Gasteiger partial charge in [0.05, 0.1) is 24.0 Å². The number of hydrogen-bond acceptors (Lipinski definition) is 3. The van der Waals surface area contributed by atoms with Crippen LogP contribution in [0.5, 0.6) is 5.75 Å². The molecule has 0 saturated heterocycles. The molecule has 104 valence electrons. The Labute approximate surface area is 118 Å². The fraction of sp³-hybridized carbons (Fsp3) is 0.500. The van der Waals surface area contributed by atoms with Gasteiger partial charge in [-0.1, -0.05) is 0 Å². The summed E-state index contributed by atoms with van der Waals surface area (Å²) in [6.45, 7) is 2.86. The highest BCUT2D eigenvalue weighted by atomic mass is 35.5. The summed E-state index contributed by atoms with van der Waals surface area (Å²) in [5.74, 6) is 2.11. The van der Waals surface area contributed by atoms with Crippen LogP contribution >= 0.6 is 11.6 Å². The smallest absolute Gasteiger partial charge is 0.125 e. The minimum atomic E-state index is 0.283. The third-order valence-electron chi connectivity index (χ3n) is 3.27. The zero-order valence-electron chi connectivity index (χ0n) is 11.5. The third-order valence-corrected chi connectivity index (χ3v) is 3.51. The van der Waals surface area contributed by atoms with Crippen LogP contribution in [0.3, 0.4) is 0 Å². The van der Waals surface area contributed by atoms with Crippen molar-refractivity contribution in [3.05, 3.63) is 24.0 Å². The van der Waals surface area contributed by atoms with Crippen molar-refractivity contribution >= 4 is 22.6 Å². The number of alkyl halides is 1. The molecular formula is C14H19ClN2O2. The van der Waals surface area contributed by atoms with Crippen LogP contribution in [0.25, 0.3) is 11.0 Å². The van der Waals surface area contributed by atoms with E-state index < -0.39 is 0 Å². The molecule has 1 atom stereocenters. The molecule has 0 radical (unpaired) electrons. The lowest BCUT2D eigenvalue weighted by Gasteiger charge is -2.16. The highest BCUT2D eigenvalue weighted by Gasteiger charge is 2.15. The maximum atomic E-state index is 6.01. The van der Waals surface area contributed by atoms with Crippen LogP contribution in [-0.4, -0.2) is 30.4 Å². The molecule has 0 N–H and O–H groups in total. The molecule has 1 heterocycles. The molecule has 1 aromatic heterocycles. The predicted molar refractivity (Wildman–Crippen MR) is 77.0 cm³/mol. The van der Waals surface area contributed by atoms with Gasteiger partial charge in [0.2, 0.25) is 0 Å². The van der Waals surface area contributed by atoms with E-state index in [2.05, 4.69) is 16.5 Å². The number of aromatic nitrogens is 2. The number of methoxy groups -OCH3 is 2. The molecule has 0 spiro atoms. The maximum absolute atomic E-state index is 6.01. The first-order chi connectivity index (χ1) is 9.21. The first-order valence-corrected chi connectivity index (χ1v) is 6.84. The van der Waals surface area contributed by atoms with Crippen LogP contribution in [0, 0.1) is 0 Å². The monoisotopic (exact) mass is 282 g/mol. The molecule has 2 rings (SSSR count). The van der Waals surface area contributed by atoms with Crippen LogP contribution in [0.4, 0.5) is 0 Å². The standard InChI is InChI=1S/C14H19ClN2O2/c1-10(6-7-18-2)17-13-8-11(19-3)4-5-12(13)16-14(17)9-15/h4-5,8,10H,6-7,9H2,1-3H3. The van der Waals surface area contributed by atoms with E-state index in [1.54, 1.807) is 14.2 Å². The largest absolute Gasteiger partial charge is 0.497 e. The summed E-state index contributed by atoms with van der Waals surface area (Å²) in [7, 11) is 3.38. The van der Waals surface area contributed by atoms with Gasteiger partial charge in [0.15, 0.2) is 0 Å². The second kappa shape index (κ2) is 6.26. The third kappa shape index (κ3) is 2.85. The molecule has 5 heteroatoms. The van der Waals surface area contributed by atoms with Crippen molar-refractivity contribution in [2.75, 3.05) is 20.8 Å². The SMILES string of the molecule is COCCC(C)n1c(CCl)nc2ccc(OC)cc21. The van der Waals surface area contributed by atoms with Gasteiger partial charge >= 0.3 is 0 Å². The topological polar surface area (TPSA) is 36.3 Å². The van der Waals surface area contributed by atoms with Crippen LogP contribution in [0.15, 0.2) is 18.2 Å². The molecule has 0 bridgehead atoms. The van der Waals surface area contributed by atoms with Gasteiger partial charge in [0.1, 0.15) is 11.6 Å². The summed E-state index contributed by atoms with van der Waals surface area (Å²) in [6.07, 6.45) is 0.920. The second-order valence-corrected chi connectivity index (χ2v) is 4.78. The second-order valence-electron chi connectivity index (χ2n) is 4.52. The molecule has 0 amide bonds. The Kier molecular flexibility index (Phi) is 4.66. The predicted octanol–water partition coefficient (Wildman–Crippen LogP) is 3.38. The first kappa shape index (κ1) is 14.2. The van der Waals surface area contributed by atoms with E-state index in [1.165, 1.54) is 0 Å². The van der Waals surface area contributed by atoms with Crippen molar-refractivity contribution in [3.63, 3.8) is 0 Å². The average molecular weight is 283 g/mol. The highest BCUT2D eigenvalue weighted by molar-refractivity contribution is 6.16. The van der Waals surface area contributed by atoms with Crippen LogP contribution in [-0.2, 0) is 10.6 Å². The number of halogens is 1. The molecule has 4 nitrogen and oxygen atoms in total. The van der Waals surface area contributed by atoms with Crippen molar-refractivity contribution in [1.82, 2.24) is 9.55 Å². The number of fused-ring (bicyclic) bond motifs is 1. The van der Waals surface area contributed by atoms with Crippen molar-refractivity contribution in [2.24, 2.45) is 0 Å².